The van der Waals surface area contributed by atoms with E-state index in [1.807, 2.05) is 6.07 Å². The Morgan fingerprint density at radius 3 is 2.79 bits per heavy atom. The van der Waals surface area contributed by atoms with Gasteiger partial charge >= 0.3 is 0 Å². The minimum atomic E-state index is -0.416. The lowest BCUT2D eigenvalue weighted by molar-refractivity contribution is 0.403. The Morgan fingerprint density at radius 1 is 1.37 bits per heavy atom. The molecule has 1 aromatic heterocycles. The molecule has 0 unspecified atom stereocenters. The number of rotatable bonds is 3. The second-order valence-electron chi connectivity index (χ2n) is 3.80. The van der Waals surface area contributed by atoms with Crippen LogP contribution in [0.5, 0.6) is 17.4 Å². The summed E-state index contributed by atoms with van der Waals surface area (Å²) in [7, 11) is 1.50. The molecule has 0 bridgehead atoms. The Labute approximate surface area is 110 Å². The molecule has 4 nitrogen and oxygen atoms in total. The molecular formula is C14H11FN2O2. The first kappa shape index (κ1) is 12.8. The molecule has 96 valence electrons. The van der Waals surface area contributed by atoms with E-state index < -0.39 is 5.82 Å². The van der Waals surface area contributed by atoms with E-state index in [4.69, 9.17) is 14.7 Å². The number of ether oxygens (including phenoxy) is 2. The molecule has 0 aliphatic rings. The highest BCUT2D eigenvalue weighted by atomic mass is 19.1. The van der Waals surface area contributed by atoms with Gasteiger partial charge in [0.2, 0.25) is 5.88 Å². The SMILES string of the molecule is COc1cnc(Oc2cccc(F)c2)c(C#N)c1C. The van der Waals surface area contributed by atoms with E-state index in [-0.39, 0.29) is 17.2 Å². The fourth-order valence-electron chi connectivity index (χ4n) is 1.62. The smallest absolute Gasteiger partial charge is 0.237 e. The maximum absolute atomic E-state index is 13.1. The molecule has 0 saturated heterocycles. The molecule has 19 heavy (non-hydrogen) atoms. The molecule has 0 aliphatic carbocycles. The van der Waals surface area contributed by atoms with Gasteiger partial charge in [-0.15, -0.1) is 0 Å². The summed E-state index contributed by atoms with van der Waals surface area (Å²) in [6, 6.07) is 7.66. The van der Waals surface area contributed by atoms with Gasteiger partial charge in [-0.2, -0.15) is 5.26 Å². The zero-order valence-corrected chi connectivity index (χ0v) is 10.5. The maximum atomic E-state index is 13.1. The van der Waals surface area contributed by atoms with Gasteiger partial charge in [0, 0.05) is 11.6 Å². The molecule has 1 aromatic carbocycles. The summed E-state index contributed by atoms with van der Waals surface area (Å²) >= 11 is 0. The number of benzene rings is 1. The molecular weight excluding hydrogens is 247 g/mol. The Morgan fingerprint density at radius 2 is 2.16 bits per heavy atom. The summed E-state index contributed by atoms with van der Waals surface area (Å²) in [6.45, 7) is 1.73. The van der Waals surface area contributed by atoms with Crippen molar-refractivity contribution in [2.45, 2.75) is 6.92 Å². The van der Waals surface area contributed by atoms with Crippen LogP contribution >= 0.6 is 0 Å². The van der Waals surface area contributed by atoms with E-state index in [1.54, 1.807) is 13.0 Å². The predicted molar refractivity (Wildman–Crippen MR) is 66.7 cm³/mol. The first-order chi connectivity index (χ1) is 9.15. The molecule has 0 aliphatic heterocycles. The van der Waals surface area contributed by atoms with Crippen molar-refractivity contribution >= 4 is 0 Å². The van der Waals surface area contributed by atoms with E-state index in [2.05, 4.69) is 4.98 Å². The lowest BCUT2D eigenvalue weighted by Crippen LogP contribution is -1.98. The molecule has 5 heteroatoms. The number of methoxy groups -OCH3 is 1. The number of pyridine rings is 1. The fraction of sp³-hybridized carbons (Fsp3) is 0.143. The van der Waals surface area contributed by atoms with E-state index in [0.29, 0.717) is 11.3 Å². The number of hydrogen-bond donors (Lipinski definition) is 0. The third kappa shape index (κ3) is 2.63. The number of nitriles is 1. The highest BCUT2D eigenvalue weighted by Crippen LogP contribution is 2.29. The maximum Gasteiger partial charge on any atom is 0.237 e. The van der Waals surface area contributed by atoms with E-state index in [9.17, 15) is 4.39 Å². The lowest BCUT2D eigenvalue weighted by Gasteiger charge is -2.10. The first-order valence-corrected chi connectivity index (χ1v) is 5.53. The summed E-state index contributed by atoms with van der Waals surface area (Å²) < 4.78 is 23.6. The summed E-state index contributed by atoms with van der Waals surface area (Å²) in [5, 5.41) is 9.15. The largest absolute Gasteiger partial charge is 0.495 e. The van der Waals surface area contributed by atoms with Gasteiger partial charge in [-0.05, 0) is 19.1 Å². The van der Waals surface area contributed by atoms with Crippen LogP contribution in [0.15, 0.2) is 30.5 Å². The summed E-state index contributed by atoms with van der Waals surface area (Å²) in [5.41, 5.74) is 0.898. The Kier molecular flexibility index (Phi) is 3.62. The molecule has 0 saturated carbocycles. The van der Waals surface area contributed by atoms with Crippen LogP contribution in [0, 0.1) is 24.1 Å². The standard InChI is InChI=1S/C14H11FN2O2/c1-9-12(7-16)14(17-8-13(9)18-2)19-11-5-3-4-10(15)6-11/h3-6,8H,1-2H3. The minimum absolute atomic E-state index is 0.131. The topological polar surface area (TPSA) is 55.1 Å². The Balaban J connectivity index is 2.41. The Bertz CT molecular complexity index is 650. The molecule has 2 rings (SSSR count). The molecule has 0 atom stereocenters. The number of hydrogen-bond acceptors (Lipinski definition) is 4. The summed E-state index contributed by atoms with van der Waals surface area (Å²) in [4.78, 5) is 4.01. The van der Waals surface area contributed by atoms with E-state index in [1.165, 1.54) is 31.5 Å². The zero-order valence-electron chi connectivity index (χ0n) is 10.5. The molecule has 0 radical (unpaired) electrons. The van der Waals surface area contributed by atoms with Gasteiger partial charge in [0.1, 0.15) is 28.9 Å². The third-order valence-electron chi connectivity index (χ3n) is 2.60. The van der Waals surface area contributed by atoms with Gasteiger partial charge < -0.3 is 9.47 Å². The average Bonchev–Trinajstić information content (AvgIpc) is 2.39. The van der Waals surface area contributed by atoms with Crippen LogP contribution < -0.4 is 9.47 Å². The van der Waals surface area contributed by atoms with Crippen molar-refractivity contribution in [1.29, 1.82) is 5.26 Å². The summed E-state index contributed by atoms with van der Waals surface area (Å²) in [5.74, 6) is 0.504. The molecule has 1 heterocycles. The summed E-state index contributed by atoms with van der Waals surface area (Å²) in [6.07, 6.45) is 1.46. The van der Waals surface area contributed by atoms with Crippen LogP contribution in [0.2, 0.25) is 0 Å². The van der Waals surface area contributed by atoms with Crippen LogP contribution in [0.4, 0.5) is 4.39 Å². The number of aromatic nitrogens is 1. The fourth-order valence-corrected chi connectivity index (χ4v) is 1.62. The van der Waals surface area contributed by atoms with Gasteiger partial charge in [-0.25, -0.2) is 9.37 Å². The van der Waals surface area contributed by atoms with Crippen molar-refractivity contribution in [2.75, 3.05) is 7.11 Å². The highest BCUT2D eigenvalue weighted by molar-refractivity contribution is 5.51. The van der Waals surface area contributed by atoms with Gasteiger partial charge in [-0.3, -0.25) is 0 Å². The zero-order chi connectivity index (χ0) is 13.8. The second kappa shape index (κ2) is 5.36. The lowest BCUT2D eigenvalue weighted by atomic mass is 10.1. The van der Waals surface area contributed by atoms with Crippen LogP contribution in [0.25, 0.3) is 0 Å². The molecule has 0 amide bonds. The van der Waals surface area contributed by atoms with Gasteiger partial charge in [0.25, 0.3) is 0 Å². The third-order valence-corrected chi connectivity index (χ3v) is 2.60. The van der Waals surface area contributed by atoms with Crippen LogP contribution in [0.3, 0.4) is 0 Å². The quantitative estimate of drug-likeness (QED) is 0.848. The molecule has 0 spiro atoms. The van der Waals surface area contributed by atoms with Crippen molar-refractivity contribution in [3.05, 3.63) is 47.4 Å². The Hall–Kier alpha value is -2.61. The van der Waals surface area contributed by atoms with Gasteiger partial charge in [0.15, 0.2) is 0 Å². The number of nitrogens with zero attached hydrogens (tertiary/aromatic N) is 2. The minimum Gasteiger partial charge on any atom is -0.495 e. The monoisotopic (exact) mass is 258 g/mol. The normalized spacial score (nSPS) is 9.79. The van der Waals surface area contributed by atoms with Gasteiger partial charge in [-0.1, -0.05) is 6.07 Å². The highest BCUT2D eigenvalue weighted by Gasteiger charge is 2.13. The van der Waals surface area contributed by atoms with Crippen LogP contribution in [-0.2, 0) is 0 Å². The van der Waals surface area contributed by atoms with Crippen molar-refractivity contribution in [2.24, 2.45) is 0 Å². The molecule has 0 fully saturated rings. The second-order valence-corrected chi connectivity index (χ2v) is 3.80. The van der Waals surface area contributed by atoms with Crippen molar-refractivity contribution in [3.63, 3.8) is 0 Å². The van der Waals surface area contributed by atoms with Gasteiger partial charge in [0.05, 0.1) is 13.3 Å². The van der Waals surface area contributed by atoms with Crippen molar-refractivity contribution in [3.8, 4) is 23.4 Å². The van der Waals surface area contributed by atoms with Crippen molar-refractivity contribution < 1.29 is 13.9 Å². The average molecular weight is 258 g/mol. The first-order valence-electron chi connectivity index (χ1n) is 5.53. The van der Waals surface area contributed by atoms with Crippen molar-refractivity contribution in [1.82, 2.24) is 4.98 Å². The number of halogens is 1. The van der Waals surface area contributed by atoms with Crippen LogP contribution in [-0.4, -0.2) is 12.1 Å². The predicted octanol–water partition coefficient (Wildman–Crippen LogP) is 3.20. The molecule has 0 N–H and O–H groups in total. The molecule has 2 aromatic rings. The van der Waals surface area contributed by atoms with E-state index in [0.717, 1.165) is 0 Å². The van der Waals surface area contributed by atoms with E-state index >= 15 is 0 Å². The van der Waals surface area contributed by atoms with Crippen LogP contribution in [0.1, 0.15) is 11.1 Å².